The van der Waals surface area contributed by atoms with E-state index in [-0.39, 0.29) is 55.4 Å². The van der Waals surface area contributed by atoms with Gasteiger partial charge in [0.05, 0.1) is 67.6 Å². The van der Waals surface area contributed by atoms with Crippen molar-refractivity contribution in [3.63, 3.8) is 0 Å². The maximum atomic E-state index is 5.98. The lowest BCUT2D eigenvalue weighted by atomic mass is 10.1. The summed E-state index contributed by atoms with van der Waals surface area (Å²) in [7, 11) is 17.8. The lowest BCUT2D eigenvalue weighted by Crippen LogP contribution is -3.00. The molecule has 0 radical (unpaired) electrons. The van der Waals surface area contributed by atoms with Crippen LogP contribution in [0.1, 0.15) is 44.2 Å². The number of ether oxygens (including phenoxy) is 2. The molecule has 0 atom stereocenters. The molecule has 8 heteroatoms. The van der Waals surface area contributed by atoms with Gasteiger partial charge in [-0.15, -0.1) is 0 Å². The average Bonchev–Trinajstić information content (AvgIpc) is 2.91. The van der Waals surface area contributed by atoms with Crippen molar-refractivity contribution in [1.29, 1.82) is 0 Å². The van der Waals surface area contributed by atoms with Gasteiger partial charge in [0.25, 0.3) is 0 Å². The van der Waals surface area contributed by atoms with Crippen molar-refractivity contribution in [2.45, 2.75) is 33.1 Å². The Hall–Kier alpha value is -0.920. The van der Waals surface area contributed by atoms with Gasteiger partial charge in [-0.25, -0.2) is 0 Å². The molecule has 0 spiro atoms. The first-order valence-corrected chi connectivity index (χ1v) is 15.0. The number of benzene rings is 2. The van der Waals surface area contributed by atoms with Crippen LogP contribution in [-0.4, -0.2) is 128 Å². The van der Waals surface area contributed by atoms with E-state index < -0.39 is 0 Å². The van der Waals surface area contributed by atoms with Crippen LogP contribution in [0.4, 0.5) is 0 Å². The van der Waals surface area contributed by atoms with Crippen LogP contribution < -0.4 is 57.4 Å². The van der Waals surface area contributed by atoms with Gasteiger partial charge in [-0.3, -0.25) is 0 Å². The van der Waals surface area contributed by atoms with Crippen LogP contribution in [0.25, 0.3) is 12.2 Å². The minimum Gasteiger partial charge on any atom is -1.00 e. The molecule has 0 heterocycles. The molecule has 0 N–H and O–H groups in total. The smallest absolute Gasteiger partial charge is 0.119 e. The van der Waals surface area contributed by atoms with Gasteiger partial charge in [0.1, 0.15) is 11.5 Å². The van der Waals surface area contributed by atoms with E-state index in [0.717, 1.165) is 59.6 Å². The lowest BCUT2D eigenvalue weighted by molar-refractivity contribution is -0.890. The molecule has 6 nitrogen and oxygen atoms in total. The fraction of sp³-hybridized carbons (Fsp3) is 0.600. The second-order valence-electron chi connectivity index (χ2n) is 13.0. The second kappa shape index (κ2) is 23.4. The van der Waals surface area contributed by atoms with Crippen molar-refractivity contribution in [2.75, 3.05) is 109 Å². The van der Waals surface area contributed by atoms with Gasteiger partial charge in [-0.05, 0) is 89.3 Å². The fourth-order valence-corrected chi connectivity index (χ4v) is 4.37. The van der Waals surface area contributed by atoms with Gasteiger partial charge in [-0.2, -0.15) is 0 Å². The van der Waals surface area contributed by atoms with Gasteiger partial charge in [0, 0.05) is 13.1 Å². The highest BCUT2D eigenvalue weighted by Crippen LogP contribution is 2.17. The number of unbranched alkanes of at least 4 members (excludes halogenated alkanes) is 2. The number of nitrogens with zero attached hydrogens (tertiary/aromatic N) is 4. The summed E-state index contributed by atoms with van der Waals surface area (Å²) in [4.78, 5) is 4.51. The molecule has 248 valence electrons. The summed E-state index contributed by atoms with van der Waals surface area (Å²) < 4.78 is 14.1. The van der Waals surface area contributed by atoms with Crippen LogP contribution in [0.2, 0.25) is 0 Å². The average molecular weight is 825 g/mol. The zero-order valence-electron chi connectivity index (χ0n) is 27.6. The second-order valence-corrected chi connectivity index (χ2v) is 13.0. The first-order chi connectivity index (χ1) is 18.9. The third-order valence-corrected chi connectivity index (χ3v) is 7.39. The van der Waals surface area contributed by atoms with E-state index in [0.29, 0.717) is 0 Å². The van der Waals surface area contributed by atoms with Crippen molar-refractivity contribution >= 4 is 12.2 Å². The molecule has 0 aliphatic heterocycles. The zero-order chi connectivity index (χ0) is 29.4. The Labute approximate surface area is 299 Å². The molecule has 43 heavy (non-hydrogen) atoms. The van der Waals surface area contributed by atoms with Gasteiger partial charge < -0.3 is 76.2 Å². The number of hydrogen-bond donors (Lipinski definition) is 0. The first-order valence-electron chi connectivity index (χ1n) is 15.0. The van der Waals surface area contributed by atoms with Crippen LogP contribution in [0.5, 0.6) is 11.5 Å². The third kappa shape index (κ3) is 21.5. The molecule has 0 saturated carbocycles. The monoisotopic (exact) mass is 824 g/mol. The molecule has 0 aliphatic carbocycles. The van der Waals surface area contributed by atoms with Crippen LogP contribution in [0.15, 0.2) is 48.5 Å². The quantitative estimate of drug-likeness (QED) is 0.0820. The maximum absolute atomic E-state index is 5.98. The van der Waals surface area contributed by atoms with Crippen molar-refractivity contribution in [3.05, 3.63) is 59.7 Å². The molecule has 0 amide bonds. The van der Waals surface area contributed by atoms with E-state index in [1.165, 1.54) is 50.1 Å². The molecule has 0 saturated heterocycles. The van der Waals surface area contributed by atoms with E-state index >= 15 is 0 Å². The Kier molecular flexibility index (Phi) is 24.1. The largest absolute Gasteiger partial charge is 1.00 e. The molecule has 0 aromatic heterocycles. The van der Waals surface area contributed by atoms with Crippen molar-refractivity contribution < 1.29 is 66.4 Å². The fourth-order valence-electron chi connectivity index (χ4n) is 4.37. The van der Waals surface area contributed by atoms with E-state index in [1.807, 2.05) is 0 Å². The number of rotatable bonds is 20. The predicted molar refractivity (Wildman–Crippen MR) is 179 cm³/mol. The van der Waals surface area contributed by atoms with Crippen LogP contribution >= 0.6 is 0 Å². The molecule has 2 aromatic carbocycles. The van der Waals surface area contributed by atoms with Crippen molar-refractivity contribution in [3.8, 4) is 11.5 Å². The number of hydrogen-bond acceptors (Lipinski definition) is 4. The first kappa shape index (κ1) is 44.2. The van der Waals surface area contributed by atoms with E-state index in [4.69, 9.17) is 9.47 Å². The molecule has 0 bridgehead atoms. The summed E-state index contributed by atoms with van der Waals surface area (Å²) in [5.74, 6) is 1.88. The number of likely N-dealkylation sites (N-methyl/N-ethyl adjacent to an activating group) is 4. The summed E-state index contributed by atoms with van der Waals surface area (Å²) in [6.07, 6.45) is 8.81. The molecule has 0 fully saturated rings. The van der Waals surface area contributed by atoms with E-state index in [9.17, 15) is 0 Å². The minimum atomic E-state index is 0. The third-order valence-electron chi connectivity index (χ3n) is 7.39. The van der Waals surface area contributed by atoms with Crippen molar-refractivity contribution in [2.24, 2.45) is 0 Å². The topological polar surface area (TPSA) is 24.9 Å². The van der Waals surface area contributed by atoms with Gasteiger partial charge in [0.2, 0.25) is 0 Å². The minimum absolute atomic E-state index is 0. The highest BCUT2D eigenvalue weighted by molar-refractivity contribution is 5.70. The molecule has 2 aromatic rings. The number of halogens is 2. The highest BCUT2D eigenvalue weighted by atomic mass is 127. The molecule has 0 aliphatic rings. The summed E-state index contributed by atoms with van der Waals surface area (Å²) in [6.45, 7) is 8.51. The van der Waals surface area contributed by atoms with Crippen LogP contribution in [-0.2, 0) is 0 Å². The summed E-state index contributed by atoms with van der Waals surface area (Å²) in [5, 5.41) is 0. The van der Waals surface area contributed by atoms with E-state index in [1.54, 1.807) is 0 Å². The van der Waals surface area contributed by atoms with Gasteiger partial charge >= 0.3 is 0 Å². The standard InChI is InChI=1S/C34H58N4O2.CH4.2HI/c1-35(2)23-27-37(5,6)25-9-11-29-39-33-19-15-31(16-20-33)13-14-32-17-21-34(22-18-32)40-30-12-10-26-38(7,8)28-24-36(3)4;;;/h13-22H,9-12,23-30H2,1-8H3;1H4;2*1H/q+2;;;/p-2/b14-13+;;;. The lowest BCUT2D eigenvalue weighted by Gasteiger charge is -2.31. The predicted octanol–water partition coefficient (Wildman–Crippen LogP) is 0.0951. The molecule has 2 rings (SSSR count). The summed E-state index contributed by atoms with van der Waals surface area (Å²) in [6, 6.07) is 16.7. The Balaban J connectivity index is 0. The zero-order valence-corrected chi connectivity index (χ0v) is 31.9. The Morgan fingerprint density at radius 3 is 1.16 bits per heavy atom. The number of quaternary nitrogens is 2. The summed E-state index contributed by atoms with van der Waals surface area (Å²) >= 11 is 0. The van der Waals surface area contributed by atoms with Gasteiger partial charge in [0.15, 0.2) is 0 Å². The summed E-state index contributed by atoms with van der Waals surface area (Å²) in [5.41, 5.74) is 2.33. The Morgan fingerprint density at radius 2 is 0.860 bits per heavy atom. The molecule has 0 unspecified atom stereocenters. The normalized spacial score (nSPS) is 11.7. The Bertz CT molecular complexity index is 899. The maximum Gasteiger partial charge on any atom is 0.119 e. The SMILES string of the molecule is C.CN(C)CC[N+](C)(C)CCCCOc1ccc(/C=C/c2ccc(OCCCC[N+](C)(C)CCN(C)C)cc2)cc1.[I-].[I-]. The van der Waals surface area contributed by atoms with E-state index in [2.05, 4.69) is 127 Å². The van der Waals surface area contributed by atoms with Crippen molar-refractivity contribution in [1.82, 2.24) is 9.80 Å². The molecular formula is C35H62I2N4O2. The van der Waals surface area contributed by atoms with Gasteiger partial charge in [-0.1, -0.05) is 43.8 Å². The van der Waals surface area contributed by atoms with Crippen LogP contribution in [0.3, 0.4) is 0 Å². The molecular weight excluding hydrogens is 762 g/mol. The highest BCUT2D eigenvalue weighted by Gasteiger charge is 2.15. The Morgan fingerprint density at radius 1 is 0.535 bits per heavy atom. The van der Waals surface area contributed by atoms with Crippen LogP contribution in [0, 0.1) is 0 Å².